The van der Waals surface area contributed by atoms with Gasteiger partial charge in [-0.1, -0.05) is 20.8 Å². The minimum absolute atomic E-state index is 0.107. The minimum Gasteiger partial charge on any atom is -0.343 e. The Kier molecular flexibility index (Phi) is 4.76. The normalized spacial score (nSPS) is 15.3. The second-order valence-corrected chi connectivity index (χ2v) is 5.09. The molecular weight excluding hydrogens is 190 g/mol. The monoisotopic (exact) mass is 211 g/mol. The summed E-state index contributed by atoms with van der Waals surface area (Å²) in [6.07, 6.45) is 0. The van der Waals surface area contributed by atoms with Crippen molar-refractivity contribution in [2.75, 3.05) is 13.6 Å². The lowest BCUT2D eigenvalue weighted by atomic mass is 9.86. The zero-order valence-electron chi connectivity index (χ0n) is 10.2. The van der Waals surface area contributed by atoms with Gasteiger partial charge in [-0.15, -0.1) is 0 Å². The van der Waals surface area contributed by atoms with Crippen LogP contribution in [-0.4, -0.2) is 30.4 Å². The van der Waals surface area contributed by atoms with Gasteiger partial charge in [0.05, 0.1) is 18.0 Å². The summed E-state index contributed by atoms with van der Waals surface area (Å²) in [5.41, 5.74) is 5.59. The Morgan fingerprint density at radius 3 is 2.33 bits per heavy atom. The molecular formula is C11H21N3O. The number of nitriles is 1. The first kappa shape index (κ1) is 13.9. The van der Waals surface area contributed by atoms with Crippen molar-refractivity contribution in [3.63, 3.8) is 0 Å². The average Bonchev–Trinajstić information content (AvgIpc) is 2.13. The van der Waals surface area contributed by atoms with E-state index in [2.05, 4.69) is 6.07 Å². The largest absolute Gasteiger partial charge is 0.343 e. The lowest BCUT2D eigenvalue weighted by molar-refractivity contribution is -0.133. The molecule has 0 saturated carbocycles. The zero-order chi connectivity index (χ0) is 12.2. The number of likely N-dealkylation sites (N-methyl/N-ethyl adjacent to an activating group) is 1. The van der Waals surface area contributed by atoms with E-state index >= 15 is 0 Å². The van der Waals surface area contributed by atoms with Gasteiger partial charge in [0.1, 0.15) is 0 Å². The second kappa shape index (κ2) is 5.13. The number of carbonyl (C=O) groups is 1. The summed E-state index contributed by atoms with van der Waals surface area (Å²) in [6, 6.07) is 1.57. The number of hydrogen-bond acceptors (Lipinski definition) is 3. The van der Waals surface area contributed by atoms with Gasteiger partial charge in [0.15, 0.2) is 0 Å². The van der Waals surface area contributed by atoms with E-state index in [1.807, 2.05) is 20.8 Å². The third-order valence-corrected chi connectivity index (χ3v) is 2.34. The Balaban J connectivity index is 4.41. The molecule has 0 aliphatic carbocycles. The first-order valence-corrected chi connectivity index (χ1v) is 5.10. The predicted molar refractivity (Wildman–Crippen MR) is 59.8 cm³/mol. The van der Waals surface area contributed by atoms with E-state index in [-0.39, 0.29) is 17.2 Å². The molecule has 0 radical (unpaired) electrons. The third kappa shape index (κ3) is 4.30. The molecule has 0 bridgehead atoms. The van der Waals surface area contributed by atoms with Crippen LogP contribution in [0.3, 0.4) is 0 Å². The summed E-state index contributed by atoms with van der Waals surface area (Å²) < 4.78 is 0. The number of nitrogens with zero attached hydrogens (tertiary/aromatic N) is 2. The summed E-state index contributed by atoms with van der Waals surface area (Å²) in [4.78, 5) is 13.4. The first-order chi connectivity index (χ1) is 6.70. The van der Waals surface area contributed by atoms with Crippen LogP contribution >= 0.6 is 0 Å². The highest BCUT2D eigenvalue weighted by molar-refractivity contribution is 5.82. The highest BCUT2D eigenvalue weighted by Crippen LogP contribution is 2.18. The van der Waals surface area contributed by atoms with Crippen LogP contribution in [0.4, 0.5) is 0 Å². The zero-order valence-corrected chi connectivity index (χ0v) is 10.2. The van der Waals surface area contributed by atoms with Gasteiger partial charge in [-0.05, 0) is 12.3 Å². The molecule has 0 rings (SSSR count). The molecule has 0 aliphatic heterocycles. The average molecular weight is 211 g/mol. The molecule has 0 aromatic carbocycles. The lowest BCUT2D eigenvalue weighted by Gasteiger charge is -2.30. The number of rotatable bonds is 3. The van der Waals surface area contributed by atoms with E-state index in [9.17, 15) is 4.79 Å². The number of carbonyl (C=O) groups excluding carboxylic acids is 1. The van der Waals surface area contributed by atoms with Gasteiger partial charge in [0, 0.05) is 13.6 Å². The number of hydrogen-bond donors (Lipinski definition) is 1. The Morgan fingerprint density at radius 2 is 2.00 bits per heavy atom. The summed E-state index contributed by atoms with van der Waals surface area (Å²) in [5, 5.41) is 8.64. The lowest BCUT2D eigenvalue weighted by Crippen LogP contribution is -2.49. The quantitative estimate of drug-likeness (QED) is 0.756. The van der Waals surface area contributed by atoms with Crippen LogP contribution in [0.15, 0.2) is 0 Å². The fourth-order valence-corrected chi connectivity index (χ4v) is 1.15. The number of nitrogens with two attached hydrogens (primary N) is 1. The van der Waals surface area contributed by atoms with E-state index in [0.29, 0.717) is 6.54 Å². The Bertz CT molecular complexity index is 262. The molecule has 0 fully saturated rings. The van der Waals surface area contributed by atoms with Crippen molar-refractivity contribution in [1.29, 1.82) is 5.26 Å². The Hall–Kier alpha value is -1.08. The smallest absolute Gasteiger partial charge is 0.239 e. The van der Waals surface area contributed by atoms with Crippen LogP contribution < -0.4 is 5.73 Å². The summed E-state index contributed by atoms with van der Waals surface area (Å²) >= 11 is 0. The van der Waals surface area contributed by atoms with Crippen LogP contribution in [0, 0.1) is 22.7 Å². The van der Waals surface area contributed by atoms with Crippen LogP contribution in [0.5, 0.6) is 0 Å². The maximum Gasteiger partial charge on any atom is 0.239 e. The number of amides is 1. The van der Waals surface area contributed by atoms with Crippen molar-refractivity contribution < 1.29 is 4.79 Å². The van der Waals surface area contributed by atoms with Crippen molar-refractivity contribution in [1.82, 2.24) is 4.90 Å². The molecule has 0 saturated heterocycles. The van der Waals surface area contributed by atoms with Gasteiger partial charge in [-0.3, -0.25) is 4.79 Å². The Morgan fingerprint density at radius 1 is 1.53 bits per heavy atom. The van der Waals surface area contributed by atoms with E-state index < -0.39 is 6.04 Å². The molecule has 0 aliphatic rings. The molecule has 4 heteroatoms. The molecule has 0 heterocycles. The van der Waals surface area contributed by atoms with Crippen LogP contribution in [0.25, 0.3) is 0 Å². The highest BCUT2D eigenvalue weighted by Gasteiger charge is 2.29. The van der Waals surface area contributed by atoms with Gasteiger partial charge in [-0.2, -0.15) is 5.26 Å². The summed E-state index contributed by atoms with van der Waals surface area (Å²) in [5.74, 6) is -0.268. The topological polar surface area (TPSA) is 70.1 Å². The maximum atomic E-state index is 11.8. The minimum atomic E-state index is -0.520. The Labute approximate surface area is 92.0 Å². The molecule has 15 heavy (non-hydrogen) atoms. The maximum absolute atomic E-state index is 11.8. The van der Waals surface area contributed by atoms with Crippen molar-refractivity contribution in [2.45, 2.75) is 33.7 Å². The van der Waals surface area contributed by atoms with E-state index in [1.165, 1.54) is 4.90 Å². The summed E-state index contributed by atoms with van der Waals surface area (Å²) in [7, 11) is 1.68. The van der Waals surface area contributed by atoms with Crippen LogP contribution in [-0.2, 0) is 4.79 Å². The van der Waals surface area contributed by atoms with Crippen molar-refractivity contribution >= 4 is 5.91 Å². The standard InChI is InChI=1S/C11H21N3O/c1-8(6-12)7-14(5)10(15)9(13)11(2,3)4/h8-9H,7,13H2,1-5H3/t8?,9-/m0/s1. The molecule has 2 atom stereocenters. The molecule has 0 spiro atoms. The first-order valence-electron chi connectivity index (χ1n) is 5.10. The third-order valence-electron chi connectivity index (χ3n) is 2.34. The molecule has 0 aromatic rings. The van der Waals surface area contributed by atoms with Gasteiger partial charge in [0.2, 0.25) is 5.91 Å². The fraction of sp³-hybridized carbons (Fsp3) is 0.818. The molecule has 1 amide bonds. The molecule has 86 valence electrons. The van der Waals surface area contributed by atoms with Crippen molar-refractivity contribution in [3.8, 4) is 6.07 Å². The second-order valence-electron chi connectivity index (χ2n) is 5.09. The van der Waals surface area contributed by atoms with Gasteiger partial charge in [-0.25, -0.2) is 0 Å². The van der Waals surface area contributed by atoms with E-state index in [0.717, 1.165) is 0 Å². The fourth-order valence-electron chi connectivity index (χ4n) is 1.15. The molecule has 0 aromatic heterocycles. The van der Waals surface area contributed by atoms with Crippen molar-refractivity contribution in [3.05, 3.63) is 0 Å². The van der Waals surface area contributed by atoms with Crippen LogP contribution in [0.2, 0.25) is 0 Å². The SMILES string of the molecule is CC(C#N)CN(C)C(=O)[C@H](N)C(C)(C)C. The summed E-state index contributed by atoms with van der Waals surface area (Å²) in [6.45, 7) is 8.00. The van der Waals surface area contributed by atoms with Gasteiger partial charge < -0.3 is 10.6 Å². The van der Waals surface area contributed by atoms with Gasteiger partial charge >= 0.3 is 0 Å². The predicted octanol–water partition coefficient (Wildman–Crippen LogP) is 0.978. The molecule has 2 N–H and O–H groups in total. The molecule has 1 unspecified atom stereocenters. The molecule has 4 nitrogen and oxygen atoms in total. The van der Waals surface area contributed by atoms with Gasteiger partial charge in [0.25, 0.3) is 0 Å². The van der Waals surface area contributed by atoms with E-state index in [1.54, 1.807) is 14.0 Å². The van der Waals surface area contributed by atoms with Crippen LogP contribution in [0.1, 0.15) is 27.7 Å². The highest BCUT2D eigenvalue weighted by atomic mass is 16.2. The van der Waals surface area contributed by atoms with Crippen molar-refractivity contribution in [2.24, 2.45) is 17.1 Å². The van der Waals surface area contributed by atoms with E-state index in [4.69, 9.17) is 11.0 Å².